The zero-order valence-corrected chi connectivity index (χ0v) is 12.9. The van der Waals surface area contributed by atoms with E-state index in [9.17, 15) is 0 Å². The van der Waals surface area contributed by atoms with E-state index in [1.54, 1.807) is 0 Å². The molecule has 0 nitrogen and oxygen atoms in total. The molecule has 0 saturated heterocycles. The molecule has 0 amide bonds. The topological polar surface area (TPSA) is 0 Å². The first-order valence-electron chi connectivity index (χ1n) is 2.00. The molecule has 0 radical (unpaired) electrons. The van der Waals surface area contributed by atoms with Crippen LogP contribution in [0.3, 0.4) is 0 Å². The van der Waals surface area contributed by atoms with Crippen molar-refractivity contribution in [2.75, 3.05) is 0 Å². The van der Waals surface area contributed by atoms with Gasteiger partial charge in [0.1, 0.15) is 0 Å². The van der Waals surface area contributed by atoms with E-state index >= 15 is 0 Å². The quantitative estimate of drug-likeness (QED) is 0.361. The summed E-state index contributed by atoms with van der Waals surface area (Å²) in [7, 11) is 0. The van der Waals surface area contributed by atoms with Crippen LogP contribution in [-0.2, 0) is 13.5 Å². The Morgan fingerprint density at radius 1 is 0.444 bits per heavy atom. The second-order valence-corrected chi connectivity index (χ2v) is 1.15. The van der Waals surface area contributed by atoms with E-state index in [1.807, 2.05) is 36.4 Å². The molecule has 0 bridgehead atoms. The van der Waals surface area contributed by atoms with Gasteiger partial charge in [0, 0.05) is 0 Å². The van der Waals surface area contributed by atoms with Crippen LogP contribution < -0.4 is 103 Å². The van der Waals surface area contributed by atoms with Crippen LogP contribution >= 0.6 is 0 Å². The molecule has 1 aromatic rings. The van der Waals surface area contributed by atoms with Crippen molar-refractivity contribution in [3.63, 3.8) is 0 Å². The molecular formula is C6H6K2S. The van der Waals surface area contributed by atoms with E-state index in [0.29, 0.717) is 0 Å². The van der Waals surface area contributed by atoms with Gasteiger partial charge >= 0.3 is 103 Å². The molecule has 1 rings (SSSR count). The molecule has 0 atom stereocenters. The number of rotatable bonds is 0. The third-order valence-electron chi connectivity index (χ3n) is 0.667. The third-order valence-corrected chi connectivity index (χ3v) is 0.667. The largest absolute Gasteiger partial charge is 2.00 e. The summed E-state index contributed by atoms with van der Waals surface area (Å²) in [5, 5.41) is 0. The van der Waals surface area contributed by atoms with Crippen molar-refractivity contribution in [3.8, 4) is 0 Å². The molecule has 0 aliphatic rings. The van der Waals surface area contributed by atoms with Gasteiger partial charge in [-0.3, -0.25) is 0 Å². The average Bonchev–Trinajstić information content (AvgIpc) is 1.72. The Labute approximate surface area is 148 Å². The van der Waals surface area contributed by atoms with Crippen LogP contribution in [0.4, 0.5) is 0 Å². The van der Waals surface area contributed by atoms with Crippen LogP contribution in [0.25, 0.3) is 0 Å². The maximum Gasteiger partial charge on any atom is 1.00 e. The van der Waals surface area contributed by atoms with Crippen LogP contribution in [0.5, 0.6) is 0 Å². The summed E-state index contributed by atoms with van der Waals surface area (Å²) in [5.74, 6) is 0. The molecule has 0 aliphatic heterocycles. The molecule has 0 heterocycles. The first kappa shape index (κ1) is 17.8. The summed E-state index contributed by atoms with van der Waals surface area (Å²) in [6.45, 7) is 0. The van der Waals surface area contributed by atoms with Crippen LogP contribution in [0.15, 0.2) is 36.4 Å². The zero-order valence-electron chi connectivity index (χ0n) is 5.87. The normalized spacial score (nSPS) is 5.33. The Bertz CT molecular complexity index is 83.0. The molecule has 0 unspecified atom stereocenters. The van der Waals surface area contributed by atoms with E-state index in [4.69, 9.17) is 0 Å². The van der Waals surface area contributed by atoms with Gasteiger partial charge in [0.2, 0.25) is 0 Å². The molecule has 1 aromatic carbocycles. The Kier molecular flexibility index (Phi) is 26.6. The first-order valence-corrected chi connectivity index (χ1v) is 2.00. The fourth-order valence-electron chi connectivity index (χ4n) is 0.385. The summed E-state index contributed by atoms with van der Waals surface area (Å²) >= 11 is 0. The fourth-order valence-corrected chi connectivity index (χ4v) is 0.385. The van der Waals surface area contributed by atoms with Crippen molar-refractivity contribution in [2.24, 2.45) is 0 Å². The third kappa shape index (κ3) is 10.8. The molecule has 9 heavy (non-hydrogen) atoms. The van der Waals surface area contributed by atoms with E-state index in [2.05, 4.69) is 0 Å². The molecule has 0 spiro atoms. The van der Waals surface area contributed by atoms with Gasteiger partial charge in [-0.2, -0.15) is 0 Å². The van der Waals surface area contributed by atoms with Gasteiger partial charge in [0.05, 0.1) is 0 Å². The van der Waals surface area contributed by atoms with Crippen LogP contribution in [0, 0.1) is 0 Å². The van der Waals surface area contributed by atoms with Crippen molar-refractivity contribution in [3.05, 3.63) is 36.4 Å². The molecular weight excluding hydrogens is 182 g/mol. The molecule has 0 aromatic heterocycles. The van der Waals surface area contributed by atoms with Gasteiger partial charge in [0.25, 0.3) is 0 Å². The van der Waals surface area contributed by atoms with E-state index < -0.39 is 0 Å². The average molecular weight is 188 g/mol. The maximum atomic E-state index is 2.00. The standard InChI is InChI=1S/C6H6.2K.S/c1-2-4-6-5-3-1;;;/h1-6H;;;/q;2*+1;-2. The van der Waals surface area contributed by atoms with E-state index in [1.165, 1.54) is 0 Å². The molecule has 3 heteroatoms. The number of hydrogen-bond donors (Lipinski definition) is 0. The Hall–Kier alpha value is 2.84. The number of benzene rings is 1. The molecule has 0 aliphatic carbocycles. The molecule has 0 fully saturated rings. The second-order valence-electron chi connectivity index (χ2n) is 1.15. The van der Waals surface area contributed by atoms with Crippen LogP contribution in [-0.4, -0.2) is 0 Å². The van der Waals surface area contributed by atoms with Gasteiger partial charge in [-0.1, -0.05) is 36.4 Å². The second kappa shape index (κ2) is 13.4. The monoisotopic (exact) mass is 188 g/mol. The van der Waals surface area contributed by atoms with Gasteiger partial charge in [0.15, 0.2) is 0 Å². The van der Waals surface area contributed by atoms with Crippen molar-refractivity contribution in [1.82, 2.24) is 0 Å². The molecule has 0 N–H and O–H groups in total. The van der Waals surface area contributed by atoms with Gasteiger partial charge in [-0.25, -0.2) is 0 Å². The summed E-state index contributed by atoms with van der Waals surface area (Å²) in [6.07, 6.45) is 0. The van der Waals surface area contributed by atoms with E-state index in [-0.39, 0.29) is 116 Å². The van der Waals surface area contributed by atoms with Crippen molar-refractivity contribution >= 4 is 13.5 Å². The van der Waals surface area contributed by atoms with Gasteiger partial charge < -0.3 is 13.5 Å². The van der Waals surface area contributed by atoms with Crippen molar-refractivity contribution in [1.29, 1.82) is 0 Å². The minimum absolute atomic E-state index is 0. The molecule has 38 valence electrons. The van der Waals surface area contributed by atoms with Crippen LogP contribution in [0.1, 0.15) is 0 Å². The SMILES string of the molecule is [K+].[K+].[S-2].c1ccccc1. The fraction of sp³-hybridized carbons (Fsp3) is 0. The summed E-state index contributed by atoms with van der Waals surface area (Å²) < 4.78 is 0. The van der Waals surface area contributed by atoms with Crippen molar-refractivity contribution in [2.45, 2.75) is 0 Å². The Balaban J connectivity index is -0.000000120. The Morgan fingerprint density at radius 2 is 0.556 bits per heavy atom. The number of hydrogen-bond acceptors (Lipinski definition) is 0. The first-order chi connectivity index (χ1) is 3.00. The predicted octanol–water partition coefficient (Wildman–Crippen LogP) is -4.31. The molecule has 0 saturated carbocycles. The Morgan fingerprint density at radius 3 is 0.667 bits per heavy atom. The minimum Gasteiger partial charge on any atom is -2.00 e. The van der Waals surface area contributed by atoms with Crippen molar-refractivity contribution < 1.29 is 103 Å². The van der Waals surface area contributed by atoms with Crippen LogP contribution in [0.2, 0.25) is 0 Å². The van der Waals surface area contributed by atoms with Gasteiger partial charge in [-0.05, 0) is 0 Å². The van der Waals surface area contributed by atoms with Gasteiger partial charge in [-0.15, -0.1) is 0 Å². The minimum atomic E-state index is 0. The maximum absolute atomic E-state index is 2.00. The smallest absolute Gasteiger partial charge is 1.00 e. The summed E-state index contributed by atoms with van der Waals surface area (Å²) in [6, 6.07) is 12.0. The predicted molar refractivity (Wildman–Crippen MR) is 33.8 cm³/mol. The van der Waals surface area contributed by atoms with E-state index in [0.717, 1.165) is 0 Å². The zero-order chi connectivity index (χ0) is 4.24. The summed E-state index contributed by atoms with van der Waals surface area (Å²) in [4.78, 5) is 0. The summed E-state index contributed by atoms with van der Waals surface area (Å²) in [5.41, 5.74) is 0.